The predicted octanol–water partition coefficient (Wildman–Crippen LogP) is 2.72. The maximum Gasteiger partial charge on any atom is 0.494 e. The Morgan fingerprint density at radius 1 is 0.958 bits per heavy atom. The van der Waals surface area contributed by atoms with Crippen molar-refractivity contribution < 1.29 is 9.31 Å². The fourth-order valence-corrected chi connectivity index (χ4v) is 2.88. The molecule has 0 atom stereocenters. The van der Waals surface area contributed by atoms with Crippen LogP contribution in [0.3, 0.4) is 0 Å². The van der Waals surface area contributed by atoms with E-state index in [0.29, 0.717) is 5.95 Å². The molecule has 1 fully saturated rings. The van der Waals surface area contributed by atoms with Gasteiger partial charge in [0.05, 0.1) is 16.7 Å². The van der Waals surface area contributed by atoms with Crippen LogP contribution in [-0.4, -0.2) is 32.9 Å². The van der Waals surface area contributed by atoms with Crippen LogP contribution in [-0.2, 0) is 9.31 Å². The Hall–Kier alpha value is -2.18. The van der Waals surface area contributed by atoms with Crippen molar-refractivity contribution in [2.75, 3.05) is 0 Å². The van der Waals surface area contributed by atoms with Crippen LogP contribution >= 0.6 is 0 Å². The number of fused-ring (bicyclic) bond motifs is 1. The molecular weight excluding hydrogens is 301 g/mol. The van der Waals surface area contributed by atoms with Gasteiger partial charge in [0, 0.05) is 18.6 Å². The van der Waals surface area contributed by atoms with E-state index in [0.717, 1.165) is 16.4 Å². The topological polar surface area (TPSA) is 49.2 Å². The molecule has 0 radical (unpaired) electrons. The van der Waals surface area contributed by atoms with E-state index in [-0.39, 0.29) is 18.3 Å². The largest absolute Gasteiger partial charge is 0.494 e. The highest BCUT2D eigenvalue weighted by Gasteiger charge is 2.51. The van der Waals surface area contributed by atoms with Gasteiger partial charge >= 0.3 is 7.12 Å². The quantitative estimate of drug-likeness (QED) is 0.681. The highest BCUT2D eigenvalue weighted by atomic mass is 16.7. The van der Waals surface area contributed by atoms with Crippen molar-refractivity contribution in [3.05, 3.63) is 48.9 Å². The van der Waals surface area contributed by atoms with Crippen molar-refractivity contribution in [2.45, 2.75) is 38.9 Å². The Balaban J connectivity index is 1.71. The molecule has 5 nitrogen and oxygen atoms in total. The molecular formula is C18H20BN3O2. The van der Waals surface area contributed by atoms with Crippen molar-refractivity contribution in [1.82, 2.24) is 14.5 Å². The molecule has 3 aromatic rings. The Kier molecular flexibility index (Phi) is 3.30. The minimum Gasteiger partial charge on any atom is -0.399 e. The van der Waals surface area contributed by atoms with Gasteiger partial charge < -0.3 is 9.31 Å². The molecule has 0 saturated carbocycles. The summed E-state index contributed by atoms with van der Waals surface area (Å²) in [5.41, 5.74) is 1.40. The number of hydrogen-bond donors (Lipinski definition) is 0. The van der Waals surface area contributed by atoms with Crippen LogP contribution in [0, 0.1) is 0 Å². The van der Waals surface area contributed by atoms with Gasteiger partial charge in [0.2, 0.25) is 5.95 Å². The van der Waals surface area contributed by atoms with Crippen LogP contribution in [0.4, 0.5) is 0 Å². The average molecular weight is 321 g/mol. The predicted molar refractivity (Wildman–Crippen MR) is 94.6 cm³/mol. The molecule has 0 unspecified atom stereocenters. The van der Waals surface area contributed by atoms with E-state index in [2.05, 4.69) is 55.9 Å². The van der Waals surface area contributed by atoms with Gasteiger partial charge in [-0.15, -0.1) is 0 Å². The second-order valence-corrected chi connectivity index (χ2v) is 7.14. The molecule has 0 spiro atoms. The Morgan fingerprint density at radius 3 is 2.29 bits per heavy atom. The van der Waals surface area contributed by atoms with E-state index < -0.39 is 0 Å². The molecule has 24 heavy (non-hydrogen) atoms. The second-order valence-electron chi connectivity index (χ2n) is 7.14. The van der Waals surface area contributed by atoms with Crippen LogP contribution in [0.2, 0.25) is 0 Å². The molecule has 0 amide bonds. The van der Waals surface area contributed by atoms with Gasteiger partial charge in [-0.25, -0.2) is 9.97 Å². The van der Waals surface area contributed by atoms with Crippen molar-refractivity contribution >= 4 is 23.5 Å². The lowest BCUT2D eigenvalue weighted by molar-refractivity contribution is 0.00578. The van der Waals surface area contributed by atoms with Gasteiger partial charge in [0.15, 0.2) is 0 Å². The number of nitrogens with zero attached hydrogens (tertiary/aromatic N) is 3. The van der Waals surface area contributed by atoms with Gasteiger partial charge in [-0.05, 0) is 56.7 Å². The smallest absolute Gasteiger partial charge is 0.399 e. The average Bonchev–Trinajstić information content (AvgIpc) is 3.06. The van der Waals surface area contributed by atoms with Gasteiger partial charge in [-0.3, -0.25) is 4.57 Å². The molecule has 0 bridgehead atoms. The first-order valence-electron chi connectivity index (χ1n) is 8.11. The molecule has 0 aliphatic carbocycles. The Bertz CT molecular complexity index is 874. The molecule has 0 N–H and O–H groups in total. The summed E-state index contributed by atoms with van der Waals surface area (Å²) in [6.07, 6.45) is 5.47. The molecule has 122 valence electrons. The monoisotopic (exact) mass is 321 g/mol. The van der Waals surface area contributed by atoms with E-state index in [1.807, 2.05) is 22.9 Å². The molecule has 3 heterocycles. The van der Waals surface area contributed by atoms with Crippen LogP contribution in [0.5, 0.6) is 0 Å². The second kappa shape index (κ2) is 5.16. The van der Waals surface area contributed by atoms with Gasteiger partial charge in [0.1, 0.15) is 0 Å². The summed E-state index contributed by atoms with van der Waals surface area (Å²) in [6, 6.07) is 10.1. The van der Waals surface area contributed by atoms with Crippen LogP contribution in [0.15, 0.2) is 48.9 Å². The van der Waals surface area contributed by atoms with Crippen LogP contribution < -0.4 is 5.46 Å². The molecule has 4 rings (SSSR count). The van der Waals surface area contributed by atoms with Crippen molar-refractivity contribution in [3.8, 4) is 5.95 Å². The summed E-state index contributed by atoms with van der Waals surface area (Å²) in [5, 5.41) is 1.11. The first-order valence-corrected chi connectivity index (χ1v) is 8.11. The van der Waals surface area contributed by atoms with Gasteiger partial charge in [0.25, 0.3) is 0 Å². The normalized spacial score (nSPS) is 19.1. The molecule has 2 aromatic heterocycles. The van der Waals surface area contributed by atoms with Gasteiger partial charge in [-0.2, -0.15) is 0 Å². The van der Waals surface area contributed by atoms with Crippen LogP contribution in [0.25, 0.3) is 16.9 Å². The number of aromatic nitrogens is 3. The Labute approximate surface area is 141 Å². The number of rotatable bonds is 2. The SMILES string of the molecule is CC1(C)OB(c2ccc3c(ccn3-c3ncccn3)c2)OC1(C)C. The van der Waals surface area contributed by atoms with Crippen LogP contribution in [0.1, 0.15) is 27.7 Å². The number of benzene rings is 1. The summed E-state index contributed by atoms with van der Waals surface area (Å²) in [5.74, 6) is 0.663. The lowest BCUT2D eigenvalue weighted by Gasteiger charge is -2.32. The van der Waals surface area contributed by atoms with Crippen molar-refractivity contribution in [2.24, 2.45) is 0 Å². The zero-order chi connectivity index (χ0) is 16.9. The maximum atomic E-state index is 6.14. The van der Waals surface area contributed by atoms with E-state index in [4.69, 9.17) is 9.31 Å². The Morgan fingerprint density at radius 2 is 1.62 bits per heavy atom. The highest BCUT2D eigenvalue weighted by Crippen LogP contribution is 2.36. The summed E-state index contributed by atoms with van der Waals surface area (Å²) in [4.78, 5) is 8.62. The van der Waals surface area contributed by atoms with Crippen molar-refractivity contribution in [3.63, 3.8) is 0 Å². The van der Waals surface area contributed by atoms with E-state index in [9.17, 15) is 0 Å². The minimum absolute atomic E-state index is 0.337. The zero-order valence-corrected chi connectivity index (χ0v) is 14.4. The molecule has 1 aromatic carbocycles. The maximum absolute atomic E-state index is 6.14. The first kappa shape index (κ1) is 15.4. The molecule has 1 saturated heterocycles. The first-order chi connectivity index (χ1) is 11.4. The lowest BCUT2D eigenvalue weighted by Crippen LogP contribution is -2.41. The van der Waals surface area contributed by atoms with E-state index in [1.54, 1.807) is 12.4 Å². The fourth-order valence-electron chi connectivity index (χ4n) is 2.88. The third-order valence-electron chi connectivity index (χ3n) is 5.01. The third kappa shape index (κ3) is 2.34. The molecule has 1 aliphatic heterocycles. The highest BCUT2D eigenvalue weighted by molar-refractivity contribution is 6.62. The lowest BCUT2D eigenvalue weighted by atomic mass is 9.79. The van der Waals surface area contributed by atoms with E-state index >= 15 is 0 Å². The van der Waals surface area contributed by atoms with Crippen molar-refractivity contribution in [1.29, 1.82) is 0 Å². The fraction of sp³-hybridized carbons (Fsp3) is 0.333. The summed E-state index contributed by atoms with van der Waals surface area (Å²) in [7, 11) is -0.351. The zero-order valence-electron chi connectivity index (χ0n) is 14.4. The molecule has 1 aliphatic rings. The standard InChI is InChI=1S/C18H20BN3O2/c1-17(2)18(3,4)24-19(23-17)14-6-7-15-13(12-14)8-11-22(15)16-20-9-5-10-21-16/h5-12H,1-4H3. The summed E-state index contributed by atoms with van der Waals surface area (Å²) < 4.78 is 14.2. The number of hydrogen-bond acceptors (Lipinski definition) is 4. The van der Waals surface area contributed by atoms with Gasteiger partial charge in [-0.1, -0.05) is 12.1 Å². The molecule has 6 heteroatoms. The summed E-state index contributed by atoms with van der Waals surface area (Å²) >= 11 is 0. The third-order valence-corrected chi connectivity index (χ3v) is 5.01. The van der Waals surface area contributed by atoms with E-state index in [1.165, 1.54) is 0 Å². The summed E-state index contributed by atoms with van der Waals surface area (Å²) in [6.45, 7) is 8.26. The minimum atomic E-state index is -0.351.